The summed E-state index contributed by atoms with van der Waals surface area (Å²) in [4.78, 5) is 15.8. The van der Waals surface area contributed by atoms with Crippen LogP contribution in [-0.2, 0) is 11.4 Å². The van der Waals surface area contributed by atoms with Gasteiger partial charge in [0.15, 0.2) is 11.7 Å². The van der Waals surface area contributed by atoms with Gasteiger partial charge in [-0.05, 0) is 31.0 Å². The number of hydrogen-bond acceptors (Lipinski definition) is 8. The Morgan fingerprint density at radius 2 is 2.24 bits per heavy atom. The van der Waals surface area contributed by atoms with Crippen molar-refractivity contribution in [3.05, 3.63) is 46.8 Å². The molecule has 1 N–H and O–H groups in total. The molecule has 0 atom stereocenters. The van der Waals surface area contributed by atoms with Crippen LogP contribution in [-0.4, -0.2) is 26.8 Å². The smallest absolute Gasteiger partial charge is 0.277 e. The average molecular weight is 376 g/mol. The van der Waals surface area contributed by atoms with E-state index in [0.717, 1.165) is 16.9 Å². The summed E-state index contributed by atoms with van der Waals surface area (Å²) in [5, 5.41) is 13.2. The third-order valence-electron chi connectivity index (χ3n) is 3.36. The molecule has 0 fully saturated rings. The Hall–Kier alpha value is -2.39. The molecule has 0 aliphatic heterocycles. The number of nitrogens with zero attached hydrogens (tertiary/aromatic N) is 3. The summed E-state index contributed by atoms with van der Waals surface area (Å²) in [7, 11) is 0. The molecule has 0 bridgehead atoms. The highest BCUT2D eigenvalue weighted by atomic mass is 32.2. The monoisotopic (exact) mass is 376 g/mol. The van der Waals surface area contributed by atoms with Crippen molar-refractivity contribution in [1.29, 1.82) is 0 Å². The minimum atomic E-state index is -0.175. The fourth-order valence-corrected chi connectivity index (χ4v) is 3.07. The van der Waals surface area contributed by atoms with Crippen molar-refractivity contribution in [2.24, 2.45) is 0 Å². The van der Waals surface area contributed by atoms with Gasteiger partial charge in [-0.3, -0.25) is 4.79 Å². The Labute approximate surface area is 152 Å². The lowest BCUT2D eigenvalue weighted by atomic mass is 10.1. The maximum Gasteiger partial charge on any atom is 0.277 e. The molecule has 7 nitrogen and oxygen atoms in total. The first kappa shape index (κ1) is 17.4. The average Bonchev–Trinajstić information content (AvgIpc) is 3.26. The number of carbonyl (C=O) groups excluding carboxylic acids is 1. The first-order chi connectivity index (χ1) is 12.1. The second kappa shape index (κ2) is 8.13. The van der Waals surface area contributed by atoms with Crippen molar-refractivity contribution in [3.8, 4) is 5.75 Å². The molecule has 2 aromatic heterocycles. The van der Waals surface area contributed by atoms with Gasteiger partial charge in [0.1, 0.15) is 5.75 Å². The van der Waals surface area contributed by atoms with Gasteiger partial charge in [0.25, 0.3) is 11.1 Å². The van der Waals surface area contributed by atoms with E-state index in [1.54, 1.807) is 11.6 Å². The van der Waals surface area contributed by atoms with Gasteiger partial charge in [-0.15, -0.1) is 21.5 Å². The van der Waals surface area contributed by atoms with Gasteiger partial charge in [-0.2, -0.15) is 0 Å². The zero-order chi connectivity index (χ0) is 17.6. The topological polar surface area (TPSA) is 90.1 Å². The van der Waals surface area contributed by atoms with Crippen LogP contribution in [0.5, 0.6) is 5.75 Å². The van der Waals surface area contributed by atoms with E-state index in [-0.39, 0.29) is 18.3 Å². The summed E-state index contributed by atoms with van der Waals surface area (Å²) in [5.41, 5.74) is 2.24. The molecular weight excluding hydrogens is 360 g/mol. The lowest BCUT2D eigenvalue weighted by Crippen LogP contribution is -2.13. The number of hydrogen-bond donors (Lipinski definition) is 1. The summed E-state index contributed by atoms with van der Waals surface area (Å²) >= 11 is 2.53. The fraction of sp³-hybridized carbons (Fsp3) is 0.250. The van der Waals surface area contributed by atoms with Crippen LogP contribution in [0.15, 0.2) is 39.4 Å². The molecule has 0 aliphatic carbocycles. The van der Waals surface area contributed by atoms with Crippen molar-refractivity contribution in [2.75, 3.05) is 11.1 Å². The summed E-state index contributed by atoms with van der Waals surface area (Å²) in [5.74, 6) is 1.14. The number of benzene rings is 1. The molecule has 9 heteroatoms. The van der Waals surface area contributed by atoms with E-state index in [1.807, 2.05) is 32.0 Å². The third kappa shape index (κ3) is 4.80. The number of amides is 1. The zero-order valence-corrected chi connectivity index (χ0v) is 15.3. The second-order valence-corrected chi connectivity index (χ2v) is 6.94. The zero-order valence-electron chi connectivity index (χ0n) is 13.7. The van der Waals surface area contributed by atoms with Crippen molar-refractivity contribution in [2.45, 2.75) is 25.7 Å². The Morgan fingerprint density at radius 3 is 3.04 bits per heavy atom. The lowest BCUT2D eigenvalue weighted by molar-refractivity contribution is -0.113. The number of carbonyl (C=O) groups is 1. The Bertz CT molecular complexity index is 849. The molecule has 0 unspecified atom stereocenters. The van der Waals surface area contributed by atoms with Crippen molar-refractivity contribution < 1.29 is 13.9 Å². The molecular formula is C16H16N4O3S2. The van der Waals surface area contributed by atoms with Gasteiger partial charge < -0.3 is 14.5 Å². The molecule has 0 radical (unpaired) electrons. The molecule has 0 saturated heterocycles. The number of ether oxygens (including phenoxy) is 1. The summed E-state index contributed by atoms with van der Waals surface area (Å²) in [6.07, 6.45) is 1.63. The number of aromatic nitrogens is 3. The van der Waals surface area contributed by atoms with E-state index >= 15 is 0 Å². The number of aryl methyl sites for hydroxylation is 1. The molecule has 25 heavy (non-hydrogen) atoms. The summed E-state index contributed by atoms with van der Waals surface area (Å²) in [6, 6.07) is 5.87. The van der Waals surface area contributed by atoms with Gasteiger partial charge >= 0.3 is 0 Å². The van der Waals surface area contributed by atoms with E-state index in [0.29, 0.717) is 16.2 Å². The Morgan fingerprint density at radius 1 is 1.36 bits per heavy atom. The molecule has 0 spiro atoms. The van der Waals surface area contributed by atoms with Gasteiger partial charge in [-0.25, -0.2) is 4.98 Å². The minimum Gasteiger partial charge on any atom is -0.484 e. The second-order valence-electron chi connectivity index (χ2n) is 5.12. The normalized spacial score (nSPS) is 10.6. The first-order valence-corrected chi connectivity index (χ1v) is 9.32. The van der Waals surface area contributed by atoms with Gasteiger partial charge in [0.2, 0.25) is 5.91 Å². The number of thiazole rings is 1. The molecule has 0 aliphatic rings. The predicted octanol–water partition coefficient (Wildman–Crippen LogP) is 3.45. The van der Waals surface area contributed by atoms with Crippen LogP contribution in [0.3, 0.4) is 0 Å². The van der Waals surface area contributed by atoms with Crippen LogP contribution < -0.4 is 10.1 Å². The molecule has 130 valence electrons. The Balaban J connectivity index is 1.49. The van der Waals surface area contributed by atoms with Gasteiger partial charge in [-0.1, -0.05) is 23.9 Å². The molecule has 1 amide bonds. The standard InChI is InChI=1S/C16H16N4O3S2/c1-10-4-3-5-12(11(10)2)22-8-14-19-20-16(23-14)25-9-13(21)18-15-17-6-7-24-15/h3-7H,8-9H2,1-2H3,(H,17,18,21). The maximum atomic E-state index is 11.8. The highest BCUT2D eigenvalue weighted by Crippen LogP contribution is 2.22. The van der Waals surface area contributed by atoms with Crippen LogP contribution in [0, 0.1) is 13.8 Å². The SMILES string of the molecule is Cc1cccc(OCc2nnc(SCC(=O)Nc3nccs3)o2)c1C. The molecule has 0 saturated carbocycles. The molecule has 3 rings (SSSR count). The highest BCUT2D eigenvalue weighted by molar-refractivity contribution is 7.99. The molecule has 3 aromatic rings. The lowest BCUT2D eigenvalue weighted by Gasteiger charge is -2.08. The summed E-state index contributed by atoms with van der Waals surface area (Å²) in [6.45, 7) is 4.21. The van der Waals surface area contributed by atoms with Gasteiger partial charge in [0.05, 0.1) is 5.75 Å². The minimum absolute atomic E-state index is 0.166. The van der Waals surface area contributed by atoms with Crippen LogP contribution >= 0.6 is 23.1 Å². The van der Waals surface area contributed by atoms with E-state index in [1.165, 1.54) is 23.1 Å². The maximum absolute atomic E-state index is 11.8. The van der Waals surface area contributed by atoms with E-state index in [2.05, 4.69) is 20.5 Å². The van der Waals surface area contributed by atoms with Gasteiger partial charge in [0, 0.05) is 11.6 Å². The molecule has 2 heterocycles. The Kier molecular flexibility index (Phi) is 5.67. The van der Waals surface area contributed by atoms with Crippen molar-refractivity contribution in [1.82, 2.24) is 15.2 Å². The number of anilines is 1. The number of rotatable bonds is 7. The van der Waals surface area contributed by atoms with Crippen LogP contribution in [0.25, 0.3) is 0 Å². The largest absolute Gasteiger partial charge is 0.484 e. The fourth-order valence-electron chi connectivity index (χ4n) is 1.94. The van der Waals surface area contributed by atoms with Crippen LogP contribution in [0.2, 0.25) is 0 Å². The molecule has 1 aromatic carbocycles. The quantitative estimate of drug-likeness (QED) is 0.632. The van der Waals surface area contributed by atoms with Crippen LogP contribution in [0.1, 0.15) is 17.0 Å². The third-order valence-corrected chi connectivity index (χ3v) is 4.87. The summed E-state index contributed by atoms with van der Waals surface area (Å²) < 4.78 is 11.2. The number of thioether (sulfide) groups is 1. The van der Waals surface area contributed by atoms with E-state index in [9.17, 15) is 4.79 Å². The van der Waals surface area contributed by atoms with E-state index in [4.69, 9.17) is 9.15 Å². The number of nitrogens with one attached hydrogen (secondary N) is 1. The predicted molar refractivity (Wildman–Crippen MR) is 96.0 cm³/mol. The van der Waals surface area contributed by atoms with Crippen LogP contribution in [0.4, 0.5) is 5.13 Å². The van der Waals surface area contributed by atoms with Crippen molar-refractivity contribution in [3.63, 3.8) is 0 Å². The van der Waals surface area contributed by atoms with Crippen molar-refractivity contribution >= 4 is 34.1 Å². The first-order valence-electron chi connectivity index (χ1n) is 7.45. The highest BCUT2D eigenvalue weighted by Gasteiger charge is 2.11. The van der Waals surface area contributed by atoms with E-state index < -0.39 is 0 Å².